The summed E-state index contributed by atoms with van der Waals surface area (Å²) in [5.41, 5.74) is 2.97. The van der Waals surface area contributed by atoms with Gasteiger partial charge in [0.15, 0.2) is 0 Å². The summed E-state index contributed by atoms with van der Waals surface area (Å²) in [5, 5.41) is 2.91. The summed E-state index contributed by atoms with van der Waals surface area (Å²) in [5.74, 6) is 1.23. The normalized spacial score (nSPS) is 10.5. The van der Waals surface area contributed by atoms with Crippen molar-refractivity contribution in [2.45, 2.75) is 26.2 Å². The van der Waals surface area contributed by atoms with E-state index in [1.807, 2.05) is 12.1 Å². The van der Waals surface area contributed by atoms with E-state index >= 15 is 0 Å². The number of benzene rings is 1. The molecule has 2 aromatic rings. The Morgan fingerprint density at radius 2 is 2.14 bits per heavy atom. The molecule has 0 unspecified atom stereocenters. The summed E-state index contributed by atoms with van der Waals surface area (Å²) >= 11 is 0. The monoisotopic (exact) mass is 298 g/mol. The van der Waals surface area contributed by atoms with Crippen molar-refractivity contribution in [1.82, 2.24) is 10.3 Å². The Labute approximate surface area is 131 Å². The van der Waals surface area contributed by atoms with Crippen molar-refractivity contribution in [3.8, 4) is 5.75 Å². The first-order chi connectivity index (χ1) is 10.6. The number of carbonyl (C=O) groups excluding carboxylic acids is 1. The maximum Gasteiger partial charge on any atom is 0.252 e. The summed E-state index contributed by atoms with van der Waals surface area (Å²) in [6.07, 6.45) is 4.01. The molecule has 0 saturated heterocycles. The summed E-state index contributed by atoms with van der Waals surface area (Å²) < 4.78 is 5.39. The maximum absolute atomic E-state index is 11.9. The van der Waals surface area contributed by atoms with Crippen molar-refractivity contribution < 1.29 is 9.53 Å². The zero-order chi connectivity index (χ0) is 15.9. The van der Waals surface area contributed by atoms with Crippen LogP contribution < -0.4 is 10.1 Å². The van der Waals surface area contributed by atoms with E-state index in [0.717, 1.165) is 12.2 Å². The van der Waals surface area contributed by atoms with E-state index in [-0.39, 0.29) is 5.91 Å². The van der Waals surface area contributed by atoms with E-state index in [1.165, 1.54) is 11.1 Å². The average Bonchev–Trinajstić information content (AvgIpc) is 2.55. The number of pyridine rings is 1. The molecule has 1 amide bonds. The number of carbonyl (C=O) groups is 1. The third kappa shape index (κ3) is 4.07. The molecule has 0 aliphatic heterocycles. The first-order valence-electron chi connectivity index (χ1n) is 7.47. The van der Waals surface area contributed by atoms with Crippen molar-refractivity contribution in [2.24, 2.45) is 0 Å². The molecule has 0 fully saturated rings. The van der Waals surface area contributed by atoms with Crippen LogP contribution in [0.3, 0.4) is 0 Å². The zero-order valence-corrected chi connectivity index (χ0v) is 13.3. The van der Waals surface area contributed by atoms with Gasteiger partial charge in [0.1, 0.15) is 5.75 Å². The van der Waals surface area contributed by atoms with Crippen molar-refractivity contribution in [3.63, 3.8) is 0 Å². The molecule has 0 aliphatic rings. The lowest BCUT2D eigenvalue weighted by molar-refractivity contribution is 0.0954. The van der Waals surface area contributed by atoms with Gasteiger partial charge < -0.3 is 10.1 Å². The number of hydrogen-bond acceptors (Lipinski definition) is 3. The molecule has 1 aromatic heterocycles. The fourth-order valence-electron chi connectivity index (χ4n) is 2.31. The van der Waals surface area contributed by atoms with Crippen LogP contribution in [-0.4, -0.2) is 24.5 Å². The van der Waals surface area contributed by atoms with Crippen molar-refractivity contribution >= 4 is 5.91 Å². The molecule has 0 saturated carbocycles. The van der Waals surface area contributed by atoms with Gasteiger partial charge in [-0.2, -0.15) is 0 Å². The van der Waals surface area contributed by atoms with E-state index in [2.05, 4.69) is 30.2 Å². The first-order valence-corrected chi connectivity index (χ1v) is 7.47. The highest BCUT2D eigenvalue weighted by Crippen LogP contribution is 2.27. The lowest BCUT2D eigenvalue weighted by Crippen LogP contribution is -2.25. The summed E-state index contributed by atoms with van der Waals surface area (Å²) in [6.45, 7) is 4.88. The van der Waals surface area contributed by atoms with Crippen LogP contribution in [0.25, 0.3) is 0 Å². The van der Waals surface area contributed by atoms with Gasteiger partial charge in [-0.05, 0) is 41.7 Å². The van der Waals surface area contributed by atoms with Gasteiger partial charge in [-0.3, -0.25) is 9.78 Å². The van der Waals surface area contributed by atoms with Crippen molar-refractivity contribution in [3.05, 3.63) is 59.4 Å². The first kappa shape index (κ1) is 16.0. The standard InChI is InChI=1S/C18H22N2O2/c1-13(2)16-11-14(6-7-17(16)22-3)8-10-20-18(21)15-5-4-9-19-12-15/h4-7,9,11-13H,8,10H2,1-3H3,(H,20,21). The number of hydrogen-bond donors (Lipinski definition) is 1. The van der Waals surface area contributed by atoms with Crippen molar-refractivity contribution in [1.29, 1.82) is 0 Å². The molecule has 4 heteroatoms. The highest BCUT2D eigenvalue weighted by molar-refractivity contribution is 5.93. The van der Waals surface area contributed by atoms with Crippen LogP contribution in [0.1, 0.15) is 41.3 Å². The smallest absolute Gasteiger partial charge is 0.252 e. The quantitative estimate of drug-likeness (QED) is 0.891. The van der Waals surface area contributed by atoms with Gasteiger partial charge in [-0.15, -0.1) is 0 Å². The summed E-state index contributed by atoms with van der Waals surface area (Å²) in [6, 6.07) is 9.70. The van der Waals surface area contributed by atoms with Crippen LogP contribution in [0.15, 0.2) is 42.7 Å². The van der Waals surface area contributed by atoms with E-state index in [4.69, 9.17) is 4.74 Å². The number of rotatable bonds is 6. The SMILES string of the molecule is COc1ccc(CCNC(=O)c2cccnc2)cc1C(C)C. The van der Waals surface area contributed by atoms with Crippen LogP contribution in [0.4, 0.5) is 0 Å². The molecule has 2 rings (SSSR count). The average molecular weight is 298 g/mol. The maximum atomic E-state index is 11.9. The van der Waals surface area contributed by atoms with Gasteiger partial charge in [-0.25, -0.2) is 0 Å². The van der Waals surface area contributed by atoms with Gasteiger partial charge in [0.25, 0.3) is 5.91 Å². The molecule has 4 nitrogen and oxygen atoms in total. The van der Waals surface area contributed by atoms with Crippen LogP contribution in [0.2, 0.25) is 0 Å². The van der Waals surface area contributed by atoms with Gasteiger partial charge >= 0.3 is 0 Å². The molecule has 0 atom stereocenters. The molecular formula is C18H22N2O2. The van der Waals surface area contributed by atoms with E-state index in [0.29, 0.717) is 18.0 Å². The van der Waals surface area contributed by atoms with Crippen LogP contribution >= 0.6 is 0 Å². The Hall–Kier alpha value is -2.36. The number of nitrogens with zero attached hydrogens (tertiary/aromatic N) is 1. The van der Waals surface area contributed by atoms with Gasteiger partial charge in [0.2, 0.25) is 0 Å². The third-order valence-corrected chi connectivity index (χ3v) is 3.54. The minimum atomic E-state index is -0.0919. The second kappa shape index (κ2) is 7.59. The zero-order valence-electron chi connectivity index (χ0n) is 13.3. The molecule has 116 valence electrons. The van der Waals surface area contributed by atoms with Crippen LogP contribution in [-0.2, 0) is 6.42 Å². The van der Waals surface area contributed by atoms with E-state index in [1.54, 1.807) is 31.6 Å². The predicted octanol–water partition coefficient (Wildman–Crippen LogP) is 3.19. The Kier molecular flexibility index (Phi) is 5.53. The summed E-state index contributed by atoms with van der Waals surface area (Å²) in [7, 11) is 1.69. The lowest BCUT2D eigenvalue weighted by Gasteiger charge is -2.13. The second-order valence-corrected chi connectivity index (χ2v) is 5.48. The highest BCUT2D eigenvalue weighted by atomic mass is 16.5. The van der Waals surface area contributed by atoms with Crippen LogP contribution in [0, 0.1) is 0 Å². The number of nitrogens with one attached hydrogen (secondary N) is 1. The predicted molar refractivity (Wildman–Crippen MR) is 87.4 cm³/mol. The molecule has 0 bridgehead atoms. The van der Waals surface area contributed by atoms with Gasteiger partial charge in [-0.1, -0.05) is 26.0 Å². The lowest BCUT2D eigenvalue weighted by atomic mass is 9.98. The molecule has 0 radical (unpaired) electrons. The Bertz CT molecular complexity index is 624. The minimum Gasteiger partial charge on any atom is -0.496 e. The largest absolute Gasteiger partial charge is 0.496 e. The van der Waals surface area contributed by atoms with Crippen LogP contribution in [0.5, 0.6) is 5.75 Å². The molecule has 0 spiro atoms. The van der Waals surface area contributed by atoms with Gasteiger partial charge in [0.05, 0.1) is 12.7 Å². The summed E-state index contributed by atoms with van der Waals surface area (Å²) in [4.78, 5) is 15.9. The minimum absolute atomic E-state index is 0.0919. The fourth-order valence-corrected chi connectivity index (χ4v) is 2.31. The molecule has 0 aliphatic carbocycles. The second-order valence-electron chi connectivity index (χ2n) is 5.48. The van der Waals surface area contributed by atoms with Gasteiger partial charge in [0, 0.05) is 18.9 Å². The Balaban J connectivity index is 1.95. The third-order valence-electron chi connectivity index (χ3n) is 3.54. The number of methoxy groups -OCH3 is 1. The molecule has 22 heavy (non-hydrogen) atoms. The highest BCUT2D eigenvalue weighted by Gasteiger charge is 2.09. The molecule has 1 aromatic carbocycles. The molecule has 1 heterocycles. The van der Waals surface area contributed by atoms with E-state index in [9.17, 15) is 4.79 Å². The number of ether oxygens (including phenoxy) is 1. The Morgan fingerprint density at radius 3 is 2.77 bits per heavy atom. The fraction of sp³-hybridized carbons (Fsp3) is 0.333. The molecular weight excluding hydrogens is 276 g/mol. The number of amides is 1. The molecule has 1 N–H and O–H groups in total. The topological polar surface area (TPSA) is 51.2 Å². The van der Waals surface area contributed by atoms with E-state index < -0.39 is 0 Å². The Morgan fingerprint density at radius 1 is 1.32 bits per heavy atom. The van der Waals surface area contributed by atoms with Crippen molar-refractivity contribution in [2.75, 3.05) is 13.7 Å². The number of aromatic nitrogens is 1.